The van der Waals surface area contributed by atoms with Crippen LogP contribution in [0.3, 0.4) is 0 Å². The van der Waals surface area contributed by atoms with Crippen molar-refractivity contribution in [2.24, 2.45) is 0 Å². The third kappa shape index (κ3) is 3.07. The SMILES string of the molecule is CNCC1CCCN1C(=O)c1cccc(N(C)C)c1. The van der Waals surface area contributed by atoms with E-state index >= 15 is 0 Å². The van der Waals surface area contributed by atoms with Gasteiger partial charge in [0.15, 0.2) is 0 Å². The molecule has 1 aromatic carbocycles. The van der Waals surface area contributed by atoms with Gasteiger partial charge in [-0.1, -0.05) is 6.07 Å². The Morgan fingerprint density at radius 2 is 2.26 bits per heavy atom. The number of amides is 1. The maximum absolute atomic E-state index is 12.6. The molecule has 0 saturated carbocycles. The fraction of sp³-hybridized carbons (Fsp3) is 0.533. The highest BCUT2D eigenvalue weighted by molar-refractivity contribution is 5.95. The Hall–Kier alpha value is -1.55. The first-order valence-corrected chi connectivity index (χ1v) is 6.86. The molecule has 0 spiro atoms. The number of likely N-dealkylation sites (tertiary alicyclic amines) is 1. The predicted molar refractivity (Wildman–Crippen MR) is 78.8 cm³/mol. The van der Waals surface area contributed by atoms with Crippen LogP contribution in [0.15, 0.2) is 24.3 Å². The van der Waals surface area contributed by atoms with Gasteiger partial charge in [0.05, 0.1) is 0 Å². The molecule has 2 rings (SSSR count). The lowest BCUT2D eigenvalue weighted by molar-refractivity contribution is 0.0737. The molecule has 4 heteroatoms. The van der Waals surface area contributed by atoms with E-state index in [9.17, 15) is 4.79 Å². The van der Waals surface area contributed by atoms with E-state index in [1.165, 1.54) is 0 Å². The zero-order chi connectivity index (χ0) is 13.8. The first-order valence-electron chi connectivity index (χ1n) is 6.86. The van der Waals surface area contributed by atoms with E-state index < -0.39 is 0 Å². The molecule has 1 heterocycles. The number of anilines is 1. The average molecular weight is 261 g/mol. The van der Waals surface area contributed by atoms with Crippen molar-refractivity contribution >= 4 is 11.6 Å². The molecule has 4 nitrogen and oxygen atoms in total. The lowest BCUT2D eigenvalue weighted by atomic mass is 10.1. The lowest BCUT2D eigenvalue weighted by Gasteiger charge is -2.25. The number of nitrogens with one attached hydrogen (secondary N) is 1. The van der Waals surface area contributed by atoms with Crippen LogP contribution in [-0.4, -0.2) is 51.1 Å². The standard InChI is InChI=1S/C15H23N3O/c1-16-11-14-8-5-9-18(14)15(19)12-6-4-7-13(10-12)17(2)3/h4,6-7,10,14,16H,5,8-9,11H2,1-3H3. The van der Waals surface area contributed by atoms with Crippen molar-refractivity contribution in [3.63, 3.8) is 0 Å². The van der Waals surface area contributed by atoms with Crippen molar-refractivity contribution < 1.29 is 4.79 Å². The topological polar surface area (TPSA) is 35.6 Å². The summed E-state index contributed by atoms with van der Waals surface area (Å²) in [5, 5.41) is 3.17. The van der Waals surface area contributed by atoms with Gasteiger partial charge < -0.3 is 15.1 Å². The number of hydrogen-bond donors (Lipinski definition) is 1. The molecule has 104 valence electrons. The van der Waals surface area contributed by atoms with Gasteiger partial charge in [-0.3, -0.25) is 4.79 Å². The van der Waals surface area contributed by atoms with Crippen molar-refractivity contribution in [3.05, 3.63) is 29.8 Å². The number of benzene rings is 1. The molecule has 0 aromatic heterocycles. The average Bonchev–Trinajstić information content (AvgIpc) is 2.86. The third-order valence-electron chi connectivity index (χ3n) is 3.69. The van der Waals surface area contributed by atoms with Crippen LogP contribution in [0.4, 0.5) is 5.69 Å². The second kappa shape index (κ2) is 6.06. The third-order valence-corrected chi connectivity index (χ3v) is 3.69. The Kier molecular flexibility index (Phi) is 4.43. The highest BCUT2D eigenvalue weighted by atomic mass is 16.2. The van der Waals surface area contributed by atoms with Crippen LogP contribution in [0.2, 0.25) is 0 Å². The zero-order valence-electron chi connectivity index (χ0n) is 12.0. The molecule has 1 aromatic rings. The first-order chi connectivity index (χ1) is 9.13. The molecule has 1 unspecified atom stereocenters. The Labute approximate surface area is 115 Å². The largest absolute Gasteiger partial charge is 0.378 e. The minimum atomic E-state index is 0.154. The van der Waals surface area contributed by atoms with Gasteiger partial charge in [-0.15, -0.1) is 0 Å². The first kappa shape index (κ1) is 13.9. The number of nitrogens with zero attached hydrogens (tertiary/aromatic N) is 2. The molecule has 0 bridgehead atoms. The van der Waals surface area contributed by atoms with Crippen LogP contribution in [-0.2, 0) is 0 Å². The summed E-state index contributed by atoms with van der Waals surface area (Å²) in [5.41, 5.74) is 1.85. The zero-order valence-corrected chi connectivity index (χ0v) is 12.0. The summed E-state index contributed by atoms with van der Waals surface area (Å²) >= 11 is 0. The van der Waals surface area contributed by atoms with Crippen LogP contribution in [0.5, 0.6) is 0 Å². The summed E-state index contributed by atoms with van der Waals surface area (Å²) in [6.45, 7) is 1.75. The van der Waals surface area contributed by atoms with Crippen LogP contribution in [0, 0.1) is 0 Å². The number of rotatable bonds is 4. The highest BCUT2D eigenvalue weighted by Gasteiger charge is 2.28. The van der Waals surface area contributed by atoms with Crippen molar-refractivity contribution in [2.75, 3.05) is 39.1 Å². The van der Waals surface area contributed by atoms with E-state index in [0.717, 1.165) is 37.2 Å². The van der Waals surface area contributed by atoms with Gasteiger partial charge in [0.2, 0.25) is 0 Å². The Morgan fingerprint density at radius 1 is 1.47 bits per heavy atom. The molecule has 1 saturated heterocycles. The Balaban J connectivity index is 2.16. The van der Waals surface area contributed by atoms with Gasteiger partial charge in [-0.2, -0.15) is 0 Å². The summed E-state index contributed by atoms with van der Waals surface area (Å²) in [7, 11) is 5.92. The molecule has 1 N–H and O–H groups in total. The van der Waals surface area contributed by atoms with Gasteiger partial charge in [0.25, 0.3) is 5.91 Å². The van der Waals surface area contributed by atoms with Gasteiger partial charge in [-0.25, -0.2) is 0 Å². The molecule has 0 radical (unpaired) electrons. The van der Waals surface area contributed by atoms with Crippen LogP contribution in [0.25, 0.3) is 0 Å². The molecule has 1 atom stereocenters. The Morgan fingerprint density at radius 3 is 2.95 bits per heavy atom. The van der Waals surface area contributed by atoms with E-state index in [1.54, 1.807) is 0 Å². The normalized spacial score (nSPS) is 18.7. The maximum atomic E-state index is 12.6. The van der Waals surface area contributed by atoms with Crippen LogP contribution >= 0.6 is 0 Å². The second-order valence-corrected chi connectivity index (χ2v) is 5.30. The fourth-order valence-corrected chi connectivity index (χ4v) is 2.63. The maximum Gasteiger partial charge on any atom is 0.254 e. The van der Waals surface area contributed by atoms with E-state index in [2.05, 4.69) is 5.32 Å². The molecule has 1 aliphatic heterocycles. The molecular weight excluding hydrogens is 238 g/mol. The molecule has 1 amide bonds. The van der Waals surface area contributed by atoms with E-state index in [1.807, 2.05) is 55.2 Å². The smallest absolute Gasteiger partial charge is 0.254 e. The predicted octanol–water partition coefficient (Wildman–Crippen LogP) is 1.58. The van der Waals surface area contributed by atoms with E-state index in [-0.39, 0.29) is 5.91 Å². The summed E-state index contributed by atoms with van der Waals surface area (Å²) in [4.78, 5) is 16.6. The monoisotopic (exact) mass is 261 g/mol. The van der Waals surface area contributed by atoms with E-state index in [0.29, 0.717) is 6.04 Å². The lowest BCUT2D eigenvalue weighted by Crippen LogP contribution is -2.40. The summed E-state index contributed by atoms with van der Waals surface area (Å²) in [6.07, 6.45) is 2.20. The number of hydrogen-bond acceptors (Lipinski definition) is 3. The van der Waals surface area contributed by atoms with Gasteiger partial charge in [0, 0.05) is 44.5 Å². The minimum Gasteiger partial charge on any atom is -0.378 e. The summed E-state index contributed by atoms with van der Waals surface area (Å²) < 4.78 is 0. The molecule has 0 aliphatic carbocycles. The highest BCUT2D eigenvalue weighted by Crippen LogP contribution is 2.21. The van der Waals surface area contributed by atoms with Crippen molar-refractivity contribution in [1.82, 2.24) is 10.2 Å². The second-order valence-electron chi connectivity index (χ2n) is 5.30. The van der Waals surface area contributed by atoms with Crippen LogP contribution < -0.4 is 10.2 Å². The quantitative estimate of drug-likeness (QED) is 0.894. The minimum absolute atomic E-state index is 0.154. The fourth-order valence-electron chi connectivity index (χ4n) is 2.63. The Bertz CT molecular complexity index is 445. The van der Waals surface area contributed by atoms with Gasteiger partial charge >= 0.3 is 0 Å². The number of likely N-dealkylation sites (N-methyl/N-ethyl adjacent to an activating group) is 1. The summed E-state index contributed by atoms with van der Waals surface area (Å²) in [6, 6.07) is 8.18. The van der Waals surface area contributed by atoms with Crippen molar-refractivity contribution in [2.45, 2.75) is 18.9 Å². The molecular formula is C15H23N3O. The van der Waals surface area contributed by atoms with Gasteiger partial charge in [-0.05, 0) is 38.1 Å². The number of carbonyl (C=O) groups is 1. The summed E-state index contributed by atoms with van der Waals surface area (Å²) in [5.74, 6) is 0.154. The van der Waals surface area contributed by atoms with Crippen LogP contribution in [0.1, 0.15) is 23.2 Å². The molecule has 1 aliphatic rings. The van der Waals surface area contributed by atoms with Crippen molar-refractivity contribution in [3.8, 4) is 0 Å². The van der Waals surface area contributed by atoms with E-state index in [4.69, 9.17) is 0 Å². The number of carbonyl (C=O) groups excluding carboxylic acids is 1. The molecule has 1 fully saturated rings. The van der Waals surface area contributed by atoms with Gasteiger partial charge in [0.1, 0.15) is 0 Å². The van der Waals surface area contributed by atoms with Crippen molar-refractivity contribution in [1.29, 1.82) is 0 Å². The molecule has 19 heavy (non-hydrogen) atoms.